The molecule has 2 amide bonds. The minimum atomic E-state index is -4.81. The Balaban J connectivity index is 1.83. The van der Waals surface area contributed by atoms with Gasteiger partial charge < -0.3 is 15.4 Å². The number of amides is 2. The lowest BCUT2D eigenvalue weighted by molar-refractivity contribution is -0.274. The average molecular weight is 468 g/mol. The minimum Gasteiger partial charge on any atom is -0.406 e. The van der Waals surface area contributed by atoms with Crippen molar-refractivity contribution in [2.45, 2.75) is 26.1 Å². The van der Waals surface area contributed by atoms with Gasteiger partial charge in [-0.2, -0.15) is 0 Å². The van der Waals surface area contributed by atoms with Gasteiger partial charge in [-0.25, -0.2) is 0 Å². The molecule has 0 aromatic heterocycles. The summed E-state index contributed by atoms with van der Waals surface area (Å²) in [5.41, 5.74) is 2.38. The Hall–Kier alpha value is -4.07. The second kappa shape index (κ2) is 10.7. The fourth-order valence-electron chi connectivity index (χ4n) is 3.02. The molecular weight excluding hydrogens is 445 g/mol. The third kappa shape index (κ3) is 7.23. The van der Waals surface area contributed by atoms with Gasteiger partial charge in [-0.05, 0) is 59.5 Å². The molecule has 0 radical (unpaired) electrons. The number of benzene rings is 3. The molecule has 3 rings (SSSR count). The van der Waals surface area contributed by atoms with Crippen LogP contribution in [-0.4, -0.2) is 18.2 Å². The Morgan fingerprint density at radius 3 is 2.06 bits per heavy atom. The van der Waals surface area contributed by atoms with Crippen LogP contribution in [-0.2, 0) is 4.79 Å². The zero-order valence-electron chi connectivity index (χ0n) is 18.5. The molecule has 0 unspecified atom stereocenters. The number of halogens is 3. The first-order valence-electron chi connectivity index (χ1n) is 10.5. The van der Waals surface area contributed by atoms with Crippen LogP contribution in [0.1, 0.15) is 41.3 Å². The first-order valence-corrected chi connectivity index (χ1v) is 10.5. The maximum Gasteiger partial charge on any atom is 0.573 e. The van der Waals surface area contributed by atoms with Gasteiger partial charge in [-0.1, -0.05) is 56.3 Å². The van der Waals surface area contributed by atoms with Crippen molar-refractivity contribution >= 4 is 23.6 Å². The average Bonchev–Trinajstić information content (AvgIpc) is 2.80. The molecule has 0 bridgehead atoms. The molecule has 8 heteroatoms. The van der Waals surface area contributed by atoms with Crippen LogP contribution in [0.4, 0.5) is 18.9 Å². The fourth-order valence-corrected chi connectivity index (χ4v) is 3.02. The number of ether oxygens (including phenoxy) is 1. The maximum atomic E-state index is 13.0. The number of hydrogen-bond donors (Lipinski definition) is 2. The molecule has 2 N–H and O–H groups in total. The number of nitrogens with one attached hydrogen (secondary N) is 2. The summed E-state index contributed by atoms with van der Waals surface area (Å²) in [6.45, 7) is 4.13. The van der Waals surface area contributed by atoms with Crippen molar-refractivity contribution in [3.05, 3.63) is 101 Å². The summed E-state index contributed by atoms with van der Waals surface area (Å²) in [4.78, 5) is 25.6. The van der Waals surface area contributed by atoms with Crippen molar-refractivity contribution in [2.24, 2.45) is 0 Å². The zero-order valence-corrected chi connectivity index (χ0v) is 18.5. The Morgan fingerprint density at radius 1 is 0.882 bits per heavy atom. The third-order valence-corrected chi connectivity index (χ3v) is 4.79. The van der Waals surface area contributed by atoms with Crippen LogP contribution < -0.4 is 15.4 Å². The van der Waals surface area contributed by atoms with Gasteiger partial charge >= 0.3 is 6.36 Å². The topological polar surface area (TPSA) is 67.4 Å². The van der Waals surface area contributed by atoms with Gasteiger partial charge in [0.25, 0.3) is 11.8 Å². The van der Waals surface area contributed by atoms with E-state index in [0.717, 1.165) is 17.7 Å². The normalized spacial score (nSPS) is 11.8. The van der Waals surface area contributed by atoms with Crippen LogP contribution in [0.15, 0.2) is 84.6 Å². The standard InChI is InChI=1S/C26H23F3N2O3/c1-17(2)19-10-8-18(9-11-19)16-23(31-24(32)20-6-4-3-5-7-20)25(33)30-21-12-14-22(15-13-21)34-26(27,28)29/h3-17H,1-2H3,(H,30,33)(H,31,32). The van der Waals surface area contributed by atoms with Crippen molar-refractivity contribution in [2.75, 3.05) is 5.32 Å². The number of carbonyl (C=O) groups is 2. The van der Waals surface area contributed by atoms with Crippen LogP contribution >= 0.6 is 0 Å². The SMILES string of the molecule is CC(C)c1ccc(C=C(NC(=O)c2ccccc2)C(=O)Nc2ccc(OC(F)(F)F)cc2)cc1. The highest BCUT2D eigenvalue weighted by Crippen LogP contribution is 2.24. The van der Waals surface area contributed by atoms with E-state index in [0.29, 0.717) is 17.0 Å². The van der Waals surface area contributed by atoms with Gasteiger partial charge in [0.2, 0.25) is 0 Å². The number of alkyl halides is 3. The third-order valence-electron chi connectivity index (χ3n) is 4.79. The number of carbonyl (C=O) groups excluding carboxylic acids is 2. The molecule has 0 atom stereocenters. The number of rotatable bonds is 7. The van der Waals surface area contributed by atoms with Gasteiger partial charge in [0.05, 0.1) is 0 Å². The van der Waals surface area contributed by atoms with Crippen LogP contribution in [0.3, 0.4) is 0 Å². The molecule has 0 aliphatic rings. The van der Waals surface area contributed by atoms with Gasteiger partial charge in [0, 0.05) is 11.3 Å². The molecule has 0 heterocycles. The van der Waals surface area contributed by atoms with Gasteiger partial charge in [0.15, 0.2) is 0 Å². The predicted molar refractivity (Wildman–Crippen MR) is 124 cm³/mol. The quantitative estimate of drug-likeness (QED) is 0.411. The number of hydrogen-bond acceptors (Lipinski definition) is 3. The Kier molecular flexibility index (Phi) is 7.73. The summed E-state index contributed by atoms with van der Waals surface area (Å²) in [5.74, 6) is -1.19. The van der Waals surface area contributed by atoms with E-state index in [2.05, 4.69) is 29.2 Å². The molecule has 0 fully saturated rings. The van der Waals surface area contributed by atoms with Gasteiger partial charge in [-0.15, -0.1) is 13.2 Å². The highest BCUT2D eigenvalue weighted by molar-refractivity contribution is 6.10. The van der Waals surface area contributed by atoms with Crippen LogP contribution in [0.2, 0.25) is 0 Å². The molecule has 176 valence electrons. The maximum absolute atomic E-state index is 13.0. The van der Waals surface area contributed by atoms with Crippen molar-refractivity contribution in [3.63, 3.8) is 0 Å². The van der Waals surface area contributed by atoms with Crippen LogP contribution in [0, 0.1) is 0 Å². The van der Waals surface area contributed by atoms with E-state index >= 15 is 0 Å². The van der Waals surface area contributed by atoms with Crippen molar-refractivity contribution in [1.82, 2.24) is 5.32 Å². The van der Waals surface area contributed by atoms with Gasteiger partial charge in [0.1, 0.15) is 11.4 Å². The van der Waals surface area contributed by atoms with E-state index in [1.165, 1.54) is 18.2 Å². The first kappa shape index (κ1) is 24.6. The Bertz CT molecular complexity index is 1150. The highest BCUT2D eigenvalue weighted by atomic mass is 19.4. The summed E-state index contributed by atoms with van der Waals surface area (Å²) >= 11 is 0. The molecule has 0 saturated heterocycles. The second-order valence-electron chi connectivity index (χ2n) is 7.73. The van der Waals surface area contributed by atoms with Gasteiger partial charge in [-0.3, -0.25) is 9.59 Å². The molecule has 5 nitrogen and oxygen atoms in total. The molecule has 3 aromatic rings. The molecular formula is C26H23F3N2O3. The smallest absolute Gasteiger partial charge is 0.406 e. The van der Waals surface area contributed by atoms with E-state index in [9.17, 15) is 22.8 Å². The lowest BCUT2D eigenvalue weighted by Gasteiger charge is -2.13. The summed E-state index contributed by atoms with van der Waals surface area (Å²) < 4.78 is 40.9. The summed E-state index contributed by atoms with van der Waals surface area (Å²) in [7, 11) is 0. The van der Waals surface area contributed by atoms with E-state index < -0.39 is 23.9 Å². The monoisotopic (exact) mass is 468 g/mol. The molecule has 0 saturated carbocycles. The second-order valence-corrected chi connectivity index (χ2v) is 7.73. The molecule has 3 aromatic carbocycles. The largest absolute Gasteiger partial charge is 0.573 e. The van der Waals surface area contributed by atoms with E-state index in [1.54, 1.807) is 30.3 Å². The van der Waals surface area contributed by atoms with Crippen LogP contribution in [0.5, 0.6) is 5.75 Å². The first-order chi connectivity index (χ1) is 16.1. The van der Waals surface area contributed by atoms with Crippen molar-refractivity contribution in [3.8, 4) is 5.75 Å². The van der Waals surface area contributed by atoms with Crippen LogP contribution in [0.25, 0.3) is 6.08 Å². The number of anilines is 1. The Morgan fingerprint density at radius 2 is 1.50 bits per heavy atom. The zero-order chi connectivity index (χ0) is 24.7. The predicted octanol–water partition coefficient (Wildman–Crippen LogP) is 6.12. The van der Waals surface area contributed by atoms with Crippen molar-refractivity contribution < 1.29 is 27.5 Å². The summed E-state index contributed by atoms with van der Waals surface area (Å²) in [5, 5.41) is 5.20. The molecule has 0 spiro atoms. The lowest BCUT2D eigenvalue weighted by Crippen LogP contribution is -2.30. The fraction of sp³-hybridized carbons (Fsp3) is 0.154. The lowest BCUT2D eigenvalue weighted by atomic mass is 10.0. The Labute approximate surface area is 195 Å². The molecule has 34 heavy (non-hydrogen) atoms. The van der Waals surface area contributed by atoms with Crippen molar-refractivity contribution in [1.29, 1.82) is 0 Å². The van der Waals surface area contributed by atoms with E-state index in [1.807, 2.05) is 24.3 Å². The minimum absolute atomic E-state index is 0.0261. The molecule has 0 aliphatic heterocycles. The summed E-state index contributed by atoms with van der Waals surface area (Å²) in [6.07, 6.45) is -3.28. The summed E-state index contributed by atoms with van der Waals surface area (Å²) in [6, 6.07) is 20.6. The van der Waals surface area contributed by atoms with E-state index in [-0.39, 0.29) is 11.4 Å². The molecule has 0 aliphatic carbocycles. The highest BCUT2D eigenvalue weighted by Gasteiger charge is 2.31. The van der Waals surface area contributed by atoms with E-state index in [4.69, 9.17) is 0 Å².